The van der Waals surface area contributed by atoms with E-state index < -0.39 is 4.92 Å². The zero-order valence-corrected chi connectivity index (χ0v) is 25.2. The van der Waals surface area contributed by atoms with Crippen LogP contribution in [0.1, 0.15) is 34.7 Å². The second-order valence-corrected chi connectivity index (χ2v) is 12.0. The molecule has 2 atom stereocenters. The summed E-state index contributed by atoms with van der Waals surface area (Å²) in [6, 6.07) is 30.5. The topological polar surface area (TPSA) is 76.2 Å². The number of benzene rings is 3. The molecule has 3 heterocycles. The first-order valence-corrected chi connectivity index (χ1v) is 14.9. The number of nitro groups is 1. The van der Waals surface area contributed by atoms with E-state index in [1.165, 1.54) is 12.1 Å². The lowest BCUT2D eigenvalue weighted by molar-refractivity contribution is -0.384. The van der Waals surface area contributed by atoms with Crippen LogP contribution >= 0.6 is 35.6 Å². The number of aryl methyl sites for hydroxylation is 1. The Morgan fingerprint density at radius 1 is 0.929 bits per heavy atom. The van der Waals surface area contributed by atoms with Crippen molar-refractivity contribution < 1.29 is 4.92 Å². The number of rotatable bonds is 7. The molecule has 2 aromatic heterocycles. The molecule has 0 bridgehead atoms. The lowest BCUT2D eigenvalue weighted by Crippen LogP contribution is -2.29. The molecule has 6 rings (SSSR count). The molecule has 1 aliphatic heterocycles. The van der Waals surface area contributed by atoms with Crippen LogP contribution in [0.2, 0.25) is 5.02 Å². The Morgan fingerprint density at radius 2 is 1.57 bits per heavy atom. The number of nitrogens with zero attached hydrogens (tertiary/aromatic N) is 4. The van der Waals surface area contributed by atoms with Crippen molar-refractivity contribution in [1.82, 2.24) is 14.9 Å². The van der Waals surface area contributed by atoms with Gasteiger partial charge in [-0.05, 0) is 110 Å². The second-order valence-electron chi connectivity index (χ2n) is 9.98. The fourth-order valence-electron chi connectivity index (χ4n) is 5.47. The van der Waals surface area contributed by atoms with Crippen molar-refractivity contribution in [3.63, 3.8) is 0 Å². The average molecular weight is 612 g/mol. The van der Waals surface area contributed by atoms with Crippen molar-refractivity contribution in [2.24, 2.45) is 0 Å². The number of non-ortho nitro benzene ring substituents is 1. The van der Waals surface area contributed by atoms with Gasteiger partial charge in [-0.1, -0.05) is 29.4 Å². The molecule has 0 spiro atoms. The fraction of sp³-hybridized carbons (Fsp3) is 0.125. The van der Waals surface area contributed by atoms with Crippen LogP contribution in [0.3, 0.4) is 0 Å². The molecule has 0 saturated carbocycles. The summed E-state index contributed by atoms with van der Waals surface area (Å²) in [6.07, 6.45) is 1.81. The molecule has 1 saturated heterocycles. The van der Waals surface area contributed by atoms with Crippen LogP contribution in [0.5, 0.6) is 0 Å². The van der Waals surface area contributed by atoms with Crippen molar-refractivity contribution in [1.29, 1.82) is 0 Å². The highest BCUT2D eigenvalue weighted by atomic mass is 35.5. The van der Waals surface area contributed by atoms with Crippen LogP contribution in [0.4, 0.5) is 11.4 Å². The van der Waals surface area contributed by atoms with E-state index in [0.717, 1.165) is 43.8 Å². The number of hydrogen-bond acceptors (Lipinski definition) is 5. The summed E-state index contributed by atoms with van der Waals surface area (Å²) in [5.74, 6) is 0. The molecule has 10 heteroatoms. The standard InChI is InChI=1S/C32H26ClN5O2S2/c1-20-19-28(21(2)36(20)23-8-6-22(33)7-9-23)31-30(29-5-3-4-18-34-29)35-32(41)37(31)24-10-14-26(15-11-24)42-27-16-12-25(13-17-27)38(39)40/h3-19,30-31H,1-2H3,(H,35,41)/t30-,31+/m1/s1. The SMILES string of the molecule is Cc1cc([C@H]2[C@@H](c3ccccn3)NC(=S)N2c2ccc(Sc3ccc([N+](=O)[O-])cc3)cc2)c(C)n1-c1ccc(Cl)cc1. The normalized spacial score (nSPS) is 16.5. The fourth-order valence-corrected chi connectivity index (χ4v) is 6.76. The smallest absolute Gasteiger partial charge is 0.269 e. The summed E-state index contributed by atoms with van der Waals surface area (Å²) in [7, 11) is 0. The number of anilines is 1. The number of aromatic nitrogens is 2. The Morgan fingerprint density at radius 3 is 2.19 bits per heavy atom. The molecular weight excluding hydrogens is 586 g/mol. The van der Waals surface area contributed by atoms with Crippen LogP contribution in [-0.2, 0) is 0 Å². The second kappa shape index (κ2) is 11.6. The van der Waals surface area contributed by atoms with Gasteiger partial charge in [0, 0.05) is 55.9 Å². The van der Waals surface area contributed by atoms with Gasteiger partial charge in [-0.25, -0.2) is 0 Å². The molecule has 0 radical (unpaired) electrons. The minimum atomic E-state index is -0.391. The molecule has 5 aromatic rings. The van der Waals surface area contributed by atoms with Crippen molar-refractivity contribution in [3.8, 4) is 5.69 Å². The molecule has 0 aliphatic carbocycles. The van der Waals surface area contributed by atoms with E-state index in [4.69, 9.17) is 23.8 Å². The molecule has 42 heavy (non-hydrogen) atoms. The van der Waals surface area contributed by atoms with Gasteiger partial charge in [0.05, 0.1) is 22.7 Å². The van der Waals surface area contributed by atoms with E-state index in [-0.39, 0.29) is 17.8 Å². The summed E-state index contributed by atoms with van der Waals surface area (Å²) < 4.78 is 2.24. The molecule has 3 aromatic carbocycles. The maximum Gasteiger partial charge on any atom is 0.269 e. The zero-order chi connectivity index (χ0) is 29.4. The van der Waals surface area contributed by atoms with E-state index in [1.54, 1.807) is 30.1 Å². The van der Waals surface area contributed by atoms with Crippen molar-refractivity contribution in [2.45, 2.75) is 35.7 Å². The van der Waals surface area contributed by atoms with Crippen LogP contribution in [-0.4, -0.2) is 19.6 Å². The molecule has 210 valence electrons. The van der Waals surface area contributed by atoms with Gasteiger partial charge >= 0.3 is 0 Å². The number of pyridine rings is 1. The van der Waals surface area contributed by atoms with Crippen LogP contribution in [0, 0.1) is 24.0 Å². The van der Waals surface area contributed by atoms with Crippen molar-refractivity contribution in [3.05, 3.63) is 141 Å². The molecule has 1 fully saturated rings. The minimum absolute atomic E-state index is 0.0775. The summed E-state index contributed by atoms with van der Waals surface area (Å²) in [6.45, 7) is 4.24. The predicted octanol–water partition coefficient (Wildman–Crippen LogP) is 8.38. The van der Waals surface area contributed by atoms with Crippen LogP contribution < -0.4 is 10.2 Å². The third kappa shape index (κ3) is 5.38. The maximum atomic E-state index is 11.0. The monoisotopic (exact) mass is 611 g/mol. The van der Waals surface area contributed by atoms with E-state index in [9.17, 15) is 10.1 Å². The predicted molar refractivity (Wildman–Crippen MR) is 172 cm³/mol. The summed E-state index contributed by atoms with van der Waals surface area (Å²) in [4.78, 5) is 19.4. The highest BCUT2D eigenvalue weighted by molar-refractivity contribution is 7.99. The Labute approximate surface area is 258 Å². The van der Waals surface area contributed by atoms with Gasteiger partial charge in [0.25, 0.3) is 5.69 Å². The third-order valence-corrected chi connectivity index (χ3v) is 8.95. The Kier molecular flexibility index (Phi) is 7.72. The van der Waals surface area contributed by atoms with Gasteiger partial charge < -0.3 is 14.8 Å². The Hall–Kier alpha value is -4.18. The van der Waals surface area contributed by atoms with E-state index >= 15 is 0 Å². The highest BCUT2D eigenvalue weighted by Gasteiger charge is 2.42. The largest absolute Gasteiger partial charge is 0.351 e. The van der Waals surface area contributed by atoms with Gasteiger partial charge in [-0.2, -0.15) is 0 Å². The molecule has 7 nitrogen and oxygen atoms in total. The zero-order valence-electron chi connectivity index (χ0n) is 22.8. The molecule has 0 unspecified atom stereocenters. The first-order chi connectivity index (χ1) is 20.3. The van der Waals surface area contributed by atoms with Gasteiger partial charge in [0.2, 0.25) is 0 Å². The van der Waals surface area contributed by atoms with Gasteiger partial charge in [0.1, 0.15) is 0 Å². The number of nitro benzene ring substituents is 1. The molecule has 0 amide bonds. The van der Waals surface area contributed by atoms with Gasteiger partial charge in [-0.15, -0.1) is 0 Å². The van der Waals surface area contributed by atoms with Crippen LogP contribution in [0.25, 0.3) is 5.69 Å². The van der Waals surface area contributed by atoms with Crippen molar-refractivity contribution >= 4 is 52.1 Å². The number of halogens is 1. The number of thiocarbonyl (C=S) groups is 1. The third-order valence-electron chi connectivity index (χ3n) is 7.37. The van der Waals surface area contributed by atoms with Crippen molar-refractivity contribution in [2.75, 3.05) is 4.90 Å². The lowest BCUT2D eigenvalue weighted by Gasteiger charge is -2.28. The molecule has 1 N–H and O–H groups in total. The maximum absolute atomic E-state index is 11.0. The summed E-state index contributed by atoms with van der Waals surface area (Å²) in [5.41, 5.74) is 6.36. The number of nitrogens with one attached hydrogen (secondary N) is 1. The summed E-state index contributed by atoms with van der Waals surface area (Å²) in [5, 5.41) is 15.9. The average Bonchev–Trinajstić information content (AvgIpc) is 3.49. The minimum Gasteiger partial charge on any atom is -0.351 e. The van der Waals surface area contributed by atoms with Gasteiger partial charge in [-0.3, -0.25) is 15.1 Å². The first-order valence-electron chi connectivity index (χ1n) is 13.3. The first kappa shape index (κ1) is 28.0. The number of hydrogen-bond donors (Lipinski definition) is 1. The van der Waals surface area contributed by atoms with E-state index in [1.807, 2.05) is 54.6 Å². The Balaban J connectivity index is 1.37. The molecule has 1 aliphatic rings. The summed E-state index contributed by atoms with van der Waals surface area (Å²) >= 11 is 13.7. The Bertz CT molecular complexity index is 1760. The van der Waals surface area contributed by atoms with E-state index in [0.29, 0.717) is 10.1 Å². The lowest BCUT2D eigenvalue weighted by atomic mass is 9.96. The van der Waals surface area contributed by atoms with E-state index in [2.05, 4.69) is 51.8 Å². The highest BCUT2D eigenvalue weighted by Crippen LogP contribution is 2.44. The van der Waals surface area contributed by atoms with Crippen LogP contribution in [0.15, 0.2) is 113 Å². The van der Waals surface area contributed by atoms with Gasteiger partial charge in [0.15, 0.2) is 5.11 Å². The molecular formula is C32H26ClN5O2S2. The quantitative estimate of drug-likeness (QED) is 0.112.